The van der Waals surface area contributed by atoms with Gasteiger partial charge in [0.2, 0.25) is 5.91 Å². The van der Waals surface area contributed by atoms with Crippen LogP contribution in [0.4, 0.5) is 0 Å². The van der Waals surface area contributed by atoms with Crippen LogP contribution in [0.3, 0.4) is 0 Å². The third-order valence-corrected chi connectivity index (χ3v) is 3.77. The van der Waals surface area contributed by atoms with E-state index in [9.17, 15) is 14.4 Å². The van der Waals surface area contributed by atoms with Crippen LogP contribution in [0, 0.1) is 0 Å². The van der Waals surface area contributed by atoms with E-state index in [1.165, 1.54) is 0 Å². The van der Waals surface area contributed by atoms with Crippen molar-refractivity contribution in [2.45, 2.75) is 4.90 Å². The van der Waals surface area contributed by atoms with Crippen molar-refractivity contribution < 1.29 is 19.1 Å². The van der Waals surface area contributed by atoms with Crippen molar-refractivity contribution in [1.82, 2.24) is 5.32 Å². The van der Waals surface area contributed by atoms with Gasteiger partial charge in [0, 0.05) is 9.92 Å². The highest BCUT2D eigenvalue weighted by atomic mass is 35.5. The number of benzene rings is 1. The molecular weight excluding hydrogens is 339 g/mol. The number of rotatable bonds is 7. The summed E-state index contributed by atoms with van der Waals surface area (Å²) < 4.78 is 4.73. The summed E-state index contributed by atoms with van der Waals surface area (Å²) in [6, 6.07) is 4.88. The Balaban J connectivity index is 2.32. The molecule has 1 aromatic carbocycles. The first kappa shape index (κ1) is 17.6. The molecule has 0 unspecified atom stereocenters. The Kier molecular flexibility index (Phi) is 7.35. The standard InChI is InChI=1S/C12H12Cl2N2O4S/c13-7-1-2-8(14)9(3-7)21-6-12(19)20-5-11(18)16-4-10(15)17/h1-3H,4-6H2,(H2,15,17)(H,16,18). The summed E-state index contributed by atoms with van der Waals surface area (Å²) in [7, 11) is 0. The van der Waals surface area contributed by atoms with Crippen LogP contribution in [0.1, 0.15) is 0 Å². The topological polar surface area (TPSA) is 98.5 Å². The fourth-order valence-electron chi connectivity index (χ4n) is 1.15. The average molecular weight is 351 g/mol. The minimum atomic E-state index is -0.680. The van der Waals surface area contributed by atoms with Crippen molar-refractivity contribution in [3.8, 4) is 0 Å². The van der Waals surface area contributed by atoms with E-state index in [0.29, 0.717) is 14.9 Å². The number of carbonyl (C=O) groups is 3. The number of ether oxygens (including phenoxy) is 1. The van der Waals surface area contributed by atoms with Crippen molar-refractivity contribution in [2.75, 3.05) is 18.9 Å². The lowest BCUT2D eigenvalue weighted by Crippen LogP contribution is -2.36. The normalized spacial score (nSPS) is 10.0. The van der Waals surface area contributed by atoms with Crippen LogP contribution < -0.4 is 11.1 Å². The minimum absolute atomic E-state index is 0.0246. The summed E-state index contributed by atoms with van der Waals surface area (Å²) in [5, 5.41) is 3.16. The van der Waals surface area contributed by atoms with E-state index in [4.69, 9.17) is 33.7 Å². The lowest BCUT2D eigenvalue weighted by molar-refractivity contribution is -0.146. The van der Waals surface area contributed by atoms with Gasteiger partial charge in [-0.1, -0.05) is 23.2 Å². The van der Waals surface area contributed by atoms with Crippen LogP contribution in [0.25, 0.3) is 0 Å². The lowest BCUT2D eigenvalue weighted by Gasteiger charge is -2.06. The van der Waals surface area contributed by atoms with Crippen molar-refractivity contribution in [2.24, 2.45) is 5.73 Å². The predicted molar refractivity (Wildman–Crippen MR) is 80.3 cm³/mol. The third kappa shape index (κ3) is 7.22. The first-order chi connectivity index (χ1) is 9.88. The molecule has 1 rings (SSSR count). The molecule has 0 spiro atoms. The highest BCUT2D eigenvalue weighted by molar-refractivity contribution is 8.00. The molecule has 2 amide bonds. The van der Waals surface area contributed by atoms with Gasteiger partial charge in [0.15, 0.2) is 6.61 Å². The predicted octanol–water partition coefficient (Wildman–Crippen LogP) is 1.23. The van der Waals surface area contributed by atoms with Gasteiger partial charge in [-0.05, 0) is 18.2 Å². The van der Waals surface area contributed by atoms with Crippen LogP contribution >= 0.6 is 35.0 Å². The molecule has 6 nitrogen and oxygen atoms in total. The summed E-state index contributed by atoms with van der Waals surface area (Å²) in [4.78, 5) is 33.7. The minimum Gasteiger partial charge on any atom is -0.455 e. The maximum atomic E-state index is 11.5. The van der Waals surface area contributed by atoms with E-state index in [2.05, 4.69) is 5.32 Å². The molecule has 0 aliphatic carbocycles. The van der Waals surface area contributed by atoms with Gasteiger partial charge in [-0.3, -0.25) is 14.4 Å². The van der Waals surface area contributed by atoms with Gasteiger partial charge in [-0.15, -0.1) is 11.8 Å². The number of amides is 2. The van der Waals surface area contributed by atoms with E-state index in [1.54, 1.807) is 18.2 Å². The van der Waals surface area contributed by atoms with E-state index in [-0.39, 0.29) is 12.3 Å². The average Bonchev–Trinajstić information content (AvgIpc) is 2.43. The Bertz CT molecular complexity index is 554. The second kappa shape index (κ2) is 8.76. The Labute approximate surface area is 135 Å². The number of hydrogen-bond donors (Lipinski definition) is 2. The molecule has 3 N–H and O–H groups in total. The molecule has 0 aromatic heterocycles. The van der Waals surface area contributed by atoms with E-state index < -0.39 is 24.4 Å². The lowest BCUT2D eigenvalue weighted by atomic mass is 10.4. The van der Waals surface area contributed by atoms with Gasteiger partial charge in [0.1, 0.15) is 0 Å². The zero-order valence-electron chi connectivity index (χ0n) is 10.7. The molecule has 0 saturated heterocycles. The molecule has 0 aliphatic rings. The fraction of sp³-hybridized carbons (Fsp3) is 0.250. The molecule has 0 atom stereocenters. The molecule has 21 heavy (non-hydrogen) atoms. The first-order valence-electron chi connectivity index (χ1n) is 5.67. The molecule has 114 valence electrons. The van der Waals surface area contributed by atoms with E-state index in [0.717, 1.165) is 11.8 Å². The van der Waals surface area contributed by atoms with Crippen LogP contribution in [0.5, 0.6) is 0 Å². The molecule has 1 aromatic rings. The molecule has 9 heteroatoms. The smallest absolute Gasteiger partial charge is 0.316 e. The Hall–Kier alpha value is -1.44. The number of primary amides is 1. The summed E-state index contributed by atoms with van der Waals surface area (Å²) in [6.07, 6.45) is 0. The zero-order chi connectivity index (χ0) is 15.8. The number of thioether (sulfide) groups is 1. The number of carbonyl (C=O) groups excluding carboxylic acids is 3. The Morgan fingerprint density at radius 2 is 2.00 bits per heavy atom. The molecule has 0 bridgehead atoms. The van der Waals surface area contributed by atoms with Crippen LogP contribution in [0.15, 0.2) is 23.1 Å². The number of hydrogen-bond acceptors (Lipinski definition) is 5. The number of nitrogens with one attached hydrogen (secondary N) is 1. The van der Waals surface area contributed by atoms with Gasteiger partial charge in [-0.25, -0.2) is 0 Å². The second-order valence-electron chi connectivity index (χ2n) is 3.77. The summed E-state index contributed by atoms with van der Waals surface area (Å²) in [6.45, 7) is -0.779. The quantitative estimate of drug-likeness (QED) is 0.569. The molecule has 0 radical (unpaired) electrons. The van der Waals surface area contributed by atoms with Crippen molar-refractivity contribution in [3.63, 3.8) is 0 Å². The van der Waals surface area contributed by atoms with Gasteiger partial charge in [-0.2, -0.15) is 0 Å². The van der Waals surface area contributed by atoms with Crippen LogP contribution in [-0.4, -0.2) is 36.7 Å². The molecular formula is C12H12Cl2N2O4S. The van der Waals surface area contributed by atoms with Gasteiger partial charge >= 0.3 is 5.97 Å². The Morgan fingerprint density at radius 3 is 2.67 bits per heavy atom. The summed E-state index contributed by atoms with van der Waals surface area (Å²) in [5.41, 5.74) is 4.85. The maximum absolute atomic E-state index is 11.5. The van der Waals surface area contributed by atoms with E-state index in [1.807, 2.05) is 0 Å². The van der Waals surface area contributed by atoms with Gasteiger partial charge in [0.05, 0.1) is 17.3 Å². The Morgan fingerprint density at radius 1 is 1.29 bits per heavy atom. The maximum Gasteiger partial charge on any atom is 0.316 e. The molecule has 0 fully saturated rings. The molecule has 0 heterocycles. The third-order valence-electron chi connectivity index (χ3n) is 2.06. The number of esters is 1. The number of halogens is 2. The SMILES string of the molecule is NC(=O)CNC(=O)COC(=O)CSc1cc(Cl)ccc1Cl. The van der Waals surface area contributed by atoms with Crippen LogP contribution in [0.2, 0.25) is 10.0 Å². The highest BCUT2D eigenvalue weighted by Crippen LogP contribution is 2.29. The fourth-order valence-corrected chi connectivity index (χ4v) is 2.44. The second-order valence-corrected chi connectivity index (χ2v) is 5.63. The number of nitrogens with two attached hydrogens (primary N) is 1. The molecule has 0 aliphatic heterocycles. The zero-order valence-corrected chi connectivity index (χ0v) is 13.1. The summed E-state index contributed by atoms with van der Waals surface area (Å²) in [5.74, 6) is -1.90. The molecule has 0 saturated carbocycles. The van der Waals surface area contributed by atoms with Crippen LogP contribution in [-0.2, 0) is 19.1 Å². The van der Waals surface area contributed by atoms with Crippen molar-refractivity contribution in [3.05, 3.63) is 28.2 Å². The van der Waals surface area contributed by atoms with E-state index >= 15 is 0 Å². The first-order valence-corrected chi connectivity index (χ1v) is 7.41. The monoisotopic (exact) mass is 350 g/mol. The van der Waals surface area contributed by atoms with Crippen molar-refractivity contribution >= 4 is 52.7 Å². The van der Waals surface area contributed by atoms with Gasteiger partial charge in [0.25, 0.3) is 5.91 Å². The summed E-state index contributed by atoms with van der Waals surface area (Å²) >= 11 is 12.9. The highest BCUT2D eigenvalue weighted by Gasteiger charge is 2.10. The van der Waals surface area contributed by atoms with Gasteiger partial charge < -0.3 is 15.8 Å². The van der Waals surface area contributed by atoms with Crippen molar-refractivity contribution in [1.29, 1.82) is 0 Å². The largest absolute Gasteiger partial charge is 0.455 e.